The highest BCUT2D eigenvalue weighted by Gasteiger charge is 2.11. The first-order valence-electron chi connectivity index (χ1n) is 8.80. The molecule has 0 fully saturated rings. The van der Waals surface area contributed by atoms with Crippen LogP contribution in [0.2, 0.25) is 0 Å². The summed E-state index contributed by atoms with van der Waals surface area (Å²) in [7, 11) is 0.343. The molecule has 0 aliphatic heterocycles. The summed E-state index contributed by atoms with van der Waals surface area (Å²) in [6.07, 6.45) is 0.506. The molecule has 2 rings (SSSR count). The maximum absolute atomic E-state index is 11.9. The Labute approximate surface area is 157 Å². The van der Waals surface area contributed by atoms with Crippen molar-refractivity contribution in [2.24, 2.45) is 0 Å². The molecule has 26 heavy (non-hydrogen) atoms. The lowest BCUT2D eigenvalue weighted by molar-refractivity contribution is 0.199. The van der Waals surface area contributed by atoms with Gasteiger partial charge in [-0.15, -0.1) is 0 Å². The van der Waals surface area contributed by atoms with Crippen molar-refractivity contribution >= 4 is 10.0 Å². The molecule has 0 unspecified atom stereocenters. The summed E-state index contributed by atoms with van der Waals surface area (Å²) in [5.74, 6) is 0.0986. The van der Waals surface area contributed by atoms with Crippen molar-refractivity contribution in [1.82, 2.24) is 9.62 Å². The number of hydrogen-bond donors (Lipinski definition) is 1. The van der Waals surface area contributed by atoms with Crippen molar-refractivity contribution < 1.29 is 13.2 Å². The van der Waals surface area contributed by atoms with Crippen LogP contribution in [0.15, 0.2) is 54.6 Å². The molecule has 142 valence electrons. The second-order valence-corrected chi connectivity index (χ2v) is 8.25. The standard InChI is InChI=1S/C20H28N2O3S/c1-22(14-13-21-26(23,24)16-8-15-25-2)17-19-11-6-7-12-20(19)18-9-4-3-5-10-18/h3-7,9-12,21H,8,13-17H2,1-2H3. The van der Waals surface area contributed by atoms with Crippen LogP contribution in [0.5, 0.6) is 0 Å². The number of nitrogens with one attached hydrogen (secondary N) is 1. The van der Waals surface area contributed by atoms with Gasteiger partial charge in [-0.05, 0) is 30.2 Å². The van der Waals surface area contributed by atoms with E-state index >= 15 is 0 Å². The summed E-state index contributed by atoms with van der Waals surface area (Å²) < 4.78 is 31.3. The quantitative estimate of drug-likeness (QED) is 0.613. The topological polar surface area (TPSA) is 58.6 Å². The highest BCUT2D eigenvalue weighted by molar-refractivity contribution is 7.89. The van der Waals surface area contributed by atoms with Gasteiger partial charge in [0, 0.05) is 33.4 Å². The van der Waals surface area contributed by atoms with Gasteiger partial charge in [0.25, 0.3) is 0 Å². The van der Waals surface area contributed by atoms with Gasteiger partial charge in [-0.2, -0.15) is 0 Å². The summed E-state index contributed by atoms with van der Waals surface area (Å²) in [5.41, 5.74) is 3.62. The zero-order valence-corrected chi connectivity index (χ0v) is 16.3. The highest BCUT2D eigenvalue weighted by Crippen LogP contribution is 2.24. The van der Waals surface area contributed by atoms with E-state index in [1.165, 1.54) is 16.7 Å². The minimum atomic E-state index is -3.23. The normalized spacial score (nSPS) is 11.8. The van der Waals surface area contributed by atoms with Crippen molar-refractivity contribution in [3.8, 4) is 11.1 Å². The zero-order chi connectivity index (χ0) is 18.8. The van der Waals surface area contributed by atoms with E-state index < -0.39 is 10.0 Å². The summed E-state index contributed by atoms with van der Waals surface area (Å²) in [5, 5.41) is 0. The van der Waals surface area contributed by atoms with Crippen LogP contribution in [-0.2, 0) is 21.3 Å². The SMILES string of the molecule is COCCCS(=O)(=O)NCCN(C)Cc1ccccc1-c1ccccc1. The molecule has 0 atom stereocenters. The van der Waals surface area contributed by atoms with Gasteiger partial charge in [0.2, 0.25) is 10.0 Å². The molecule has 1 N–H and O–H groups in total. The first-order chi connectivity index (χ1) is 12.5. The van der Waals surface area contributed by atoms with Crippen molar-refractivity contribution in [2.45, 2.75) is 13.0 Å². The van der Waals surface area contributed by atoms with Crippen molar-refractivity contribution in [1.29, 1.82) is 0 Å². The van der Waals surface area contributed by atoms with E-state index in [1.54, 1.807) is 7.11 Å². The molecule has 0 spiro atoms. The second-order valence-electron chi connectivity index (χ2n) is 6.32. The molecular formula is C20H28N2O3S. The molecule has 0 bridgehead atoms. The van der Waals surface area contributed by atoms with Crippen molar-refractivity contribution in [3.63, 3.8) is 0 Å². The fourth-order valence-corrected chi connectivity index (χ4v) is 3.83. The maximum atomic E-state index is 11.9. The Morgan fingerprint density at radius 3 is 2.46 bits per heavy atom. The molecular weight excluding hydrogens is 348 g/mol. The van der Waals surface area contributed by atoms with Gasteiger partial charge in [0.05, 0.1) is 5.75 Å². The maximum Gasteiger partial charge on any atom is 0.211 e. The van der Waals surface area contributed by atoms with Crippen LogP contribution in [0.25, 0.3) is 11.1 Å². The van der Waals surface area contributed by atoms with Crippen LogP contribution >= 0.6 is 0 Å². The Morgan fingerprint density at radius 1 is 1.04 bits per heavy atom. The third-order valence-electron chi connectivity index (χ3n) is 4.12. The number of nitrogens with zero attached hydrogens (tertiary/aromatic N) is 1. The predicted molar refractivity (Wildman–Crippen MR) is 106 cm³/mol. The number of rotatable bonds is 11. The molecule has 0 heterocycles. The molecule has 0 saturated heterocycles. The molecule has 6 heteroatoms. The second kappa shape index (κ2) is 10.4. The van der Waals surface area contributed by atoms with Crippen LogP contribution in [-0.4, -0.2) is 52.9 Å². The Balaban J connectivity index is 1.88. The van der Waals surface area contributed by atoms with Crippen LogP contribution in [0.1, 0.15) is 12.0 Å². The Hall–Kier alpha value is -1.73. The summed E-state index contributed by atoms with van der Waals surface area (Å²) in [4.78, 5) is 2.12. The molecule has 2 aromatic rings. The third-order valence-corrected chi connectivity index (χ3v) is 5.59. The van der Waals surface area contributed by atoms with Crippen molar-refractivity contribution in [2.75, 3.05) is 39.6 Å². The van der Waals surface area contributed by atoms with Gasteiger partial charge in [-0.3, -0.25) is 0 Å². The Morgan fingerprint density at radius 2 is 1.73 bits per heavy atom. The highest BCUT2D eigenvalue weighted by atomic mass is 32.2. The van der Waals surface area contributed by atoms with E-state index in [2.05, 4.69) is 33.9 Å². The van der Waals surface area contributed by atoms with E-state index in [1.807, 2.05) is 37.4 Å². The summed E-state index contributed by atoms with van der Waals surface area (Å²) in [6, 6.07) is 18.6. The van der Waals surface area contributed by atoms with E-state index in [9.17, 15) is 8.42 Å². The minimum absolute atomic E-state index is 0.0986. The lowest BCUT2D eigenvalue weighted by Crippen LogP contribution is -2.34. The summed E-state index contributed by atoms with van der Waals surface area (Å²) in [6.45, 7) is 2.26. The van der Waals surface area contributed by atoms with Gasteiger partial charge >= 0.3 is 0 Å². The molecule has 0 aliphatic rings. The van der Waals surface area contributed by atoms with Crippen LogP contribution in [0.3, 0.4) is 0 Å². The smallest absolute Gasteiger partial charge is 0.211 e. The lowest BCUT2D eigenvalue weighted by Gasteiger charge is -2.19. The van der Waals surface area contributed by atoms with E-state index in [-0.39, 0.29) is 5.75 Å². The number of hydrogen-bond acceptors (Lipinski definition) is 4. The number of methoxy groups -OCH3 is 1. The van der Waals surface area contributed by atoms with Crippen LogP contribution in [0.4, 0.5) is 0 Å². The Bertz CT molecular complexity index is 764. The molecule has 5 nitrogen and oxygen atoms in total. The van der Waals surface area contributed by atoms with E-state index in [0.29, 0.717) is 26.1 Å². The zero-order valence-electron chi connectivity index (χ0n) is 15.5. The van der Waals surface area contributed by atoms with Gasteiger partial charge in [-0.25, -0.2) is 13.1 Å². The minimum Gasteiger partial charge on any atom is -0.385 e. The van der Waals surface area contributed by atoms with Gasteiger partial charge in [-0.1, -0.05) is 54.6 Å². The monoisotopic (exact) mass is 376 g/mol. The lowest BCUT2D eigenvalue weighted by atomic mass is 9.99. The molecule has 2 aromatic carbocycles. The van der Waals surface area contributed by atoms with Gasteiger partial charge in [0.15, 0.2) is 0 Å². The van der Waals surface area contributed by atoms with Crippen LogP contribution in [0, 0.1) is 0 Å². The third kappa shape index (κ3) is 6.88. The van der Waals surface area contributed by atoms with E-state index in [0.717, 1.165) is 6.54 Å². The first kappa shape index (κ1) is 20.6. The fourth-order valence-electron chi connectivity index (χ4n) is 2.78. The molecule has 0 aromatic heterocycles. The largest absolute Gasteiger partial charge is 0.385 e. The van der Waals surface area contributed by atoms with Crippen LogP contribution < -0.4 is 4.72 Å². The Kier molecular flexibility index (Phi) is 8.25. The fraction of sp³-hybridized carbons (Fsp3) is 0.400. The number of sulfonamides is 1. The van der Waals surface area contributed by atoms with E-state index in [4.69, 9.17) is 4.74 Å². The average molecular weight is 377 g/mol. The average Bonchev–Trinajstić information content (AvgIpc) is 2.63. The molecule has 0 saturated carbocycles. The predicted octanol–water partition coefficient (Wildman–Crippen LogP) is 2.74. The molecule has 0 amide bonds. The number of likely N-dealkylation sites (N-methyl/N-ethyl adjacent to an activating group) is 1. The molecule has 0 radical (unpaired) electrons. The summed E-state index contributed by atoms with van der Waals surface area (Å²) >= 11 is 0. The van der Waals surface area contributed by atoms with Gasteiger partial charge in [0.1, 0.15) is 0 Å². The first-order valence-corrected chi connectivity index (χ1v) is 10.5. The number of benzene rings is 2. The van der Waals surface area contributed by atoms with Gasteiger partial charge < -0.3 is 9.64 Å². The van der Waals surface area contributed by atoms with Crippen molar-refractivity contribution in [3.05, 3.63) is 60.2 Å². The number of ether oxygens (including phenoxy) is 1. The molecule has 0 aliphatic carbocycles.